The Balaban J connectivity index is 1.96. The molecule has 0 aliphatic rings. The van der Waals surface area contributed by atoms with E-state index in [0.29, 0.717) is 0 Å². The van der Waals surface area contributed by atoms with E-state index in [2.05, 4.69) is 10.5 Å². The molecule has 1 amide bonds. The molecular formula is C16H21N3O2. The zero-order valence-electron chi connectivity index (χ0n) is 12.6. The van der Waals surface area contributed by atoms with E-state index >= 15 is 0 Å². The number of hydrogen-bond donors (Lipinski definition) is 2. The summed E-state index contributed by atoms with van der Waals surface area (Å²) in [7, 11) is 0. The Morgan fingerprint density at radius 3 is 2.57 bits per heavy atom. The van der Waals surface area contributed by atoms with E-state index < -0.39 is 0 Å². The van der Waals surface area contributed by atoms with Crippen LogP contribution >= 0.6 is 0 Å². The Morgan fingerprint density at radius 1 is 1.33 bits per heavy atom. The molecule has 5 nitrogen and oxygen atoms in total. The number of rotatable bonds is 5. The van der Waals surface area contributed by atoms with Crippen molar-refractivity contribution in [1.82, 2.24) is 10.5 Å². The van der Waals surface area contributed by atoms with Gasteiger partial charge in [0.15, 0.2) is 0 Å². The summed E-state index contributed by atoms with van der Waals surface area (Å²) in [6, 6.07) is 9.16. The maximum Gasteiger partial charge on any atom is 0.222 e. The van der Waals surface area contributed by atoms with Crippen molar-refractivity contribution in [2.75, 3.05) is 0 Å². The zero-order valence-corrected chi connectivity index (χ0v) is 12.6. The normalized spacial score (nSPS) is 13.7. The zero-order chi connectivity index (χ0) is 15.4. The fourth-order valence-electron chi connectivity index (χ4n) is 2.50. The molecular weight excluding hydrogens is 266 g/mol. The van der Waals surface area contributed by atoms with Gasteiger partial charge in [0.05, 0.1) is 11.7 Å². The number of carbonyl (C=O) groups excluding carboxylic acids is 1. The Hall–Kier alpha value is -2.14. The average Bonchev–Trinajstić information content (AvgIpc) is 2.78. The Bertz CT molecular complexity index is 588. The smallest absolute Gasteiger partial charge is 0.222 e. The van der Waals surface area contributed by atoms with E-state index in [1.165, 1.54) is 0 Å². The first-order valence-electron chi connectivity index (χ1n) is 7.01. The fourth-order valence-corrected chi connectivity index (χ4v) is 2.50. The second kappa shape index (κ2) is 6.54. The average molecular weight is 287 g/mol. The lowest BCUT2D eigenvalue weighted by Gasteiger charge is -2.16. The lowest BCUT2D eigenvalue weighted by molar-refractivity contribution is -0.122. The predicted molar refractivity (Wildman–Crippen MR) is 80.5 cm³/mol. The van der Waals surface area contributed by atoms with Gasteiger partial charge in [0.2, 0.25) is 5.91 Å². The molecule has 0 aliphatic heterocycles. The molecule has 2 atom stereocenters. The molecule has 2 rings (SSSR count). The molecule has 0 saturated carbocycles. The van der Waals surface area contributed by atoms with Gasteiger partial charge >= 0.3 is 0 Å². The maximum absolute atomic E-state index is 12.1. The summed E-state index contributed by atoms with van der Waals surface area (Å²) in [4.78, 5) is 12.1. The van der Waals surface area contributed by atoms with E-state index in [0.717, 1.165) is 22.6 Å². The van der Waals surface area contributed by atoms with Gasteiger partial charge < -0.3 is 15.6 Å². The van der Waals surface area contributed by atoms with Crippen LogP contribution in [-0.2, 0) is 4.79 Å². The highest BCUT2D eigenvalue weighted by molar-refractivity contribution is 5.77. The lowest BCUT2D eigenvalue weighted by Crippen LogP contribution is -2.30. The van der Waals surface area contributed by atoms with Crippen LogP contribution in [0.4, 0.5) is 0 Å². The van der Waals surface area contributed by atoms with Crippen LogP contribution in [0.1, 0.15) is 48.0 Å². The van der Waals surface area contributed by atoms with E-state index in [1.807, 2.05) is 51.1 Å². The minimum Gasteiger partial charge on any atom is -0.361 e. The summed E-state index contributed by atoms with van der Waals surface area (Å²) in [5.74, 6) is 0.645. The van der Waals surface area contributed by atoms with E-state index in [4.69, 9.17) is 10.3 Å². The van der Waals surface area contributed by atoms with Crippen LogP contribution in [0.2, 0.25) is 0 Å². The summed E-state index contributed by atoms with van der Waals surface area (Å²) in [5.41, 5.74) is 8.74. The van der Waals surface area contributed by atoms with Gasteiger partial charge in [-0.05, 0) is 26.3 Å². The largest absolute Gasteiger partial charge is 0.361 e. The highest BCUT2D eigenvalue weighted by Gasteiger charge is 2.19. The quantitative estimate of drug-likeness (QED) is 0.885. The molecule has 1 aromatic carbocycles. The molecule has 1 heterocycles. The third-order valence-electron chi connectivity index (χ3n) is 3.53. The van der Waals surface area contributed by atoms with Crippen molar-refractivity contribution in [2.24, 2.45) is 5.73 Å². The topological polar surface area (TPSA) is 81.2 Å². The third-order valence-corrected chi connectivity index (χ3v) is 3.53. The molecule has 2 unspecified atom stereocenters. The van der Waals surface area contributed by atoms with Crippen molar-refractivity contribution in [3.8, 4) is 0 Å². The molecule has 112 valence electrons. The van der Waals surface area contributed by atoms with Crippen molar-refractivity contribution >= 4 is 5.91 Å². The number of aryl methyl sites for hydroxylation is 2. The number of nitrogens with zero attached hydrogens (tertiary/aromatic N) is 1. The summed E-state index contributed by atoms with van der Waals surface area (Å²) >= 11 is 0. The van der Waals surface area contributed by atoms with Crippen LogP contribution in [0.3, 0.4) is 0 Å². The lowest BCUT2D eigenvalue weighted by atomic mass is 10.0. The van der Waals surface area contributed by atoms with Crippen LogP contribution < -0.4 is 11.1 Å². The van der Waals surface area contributed by atoms with Gasteiger partial charge in [0.25, 0.3) is 0 Å². The first-order chi connectivity index (χ1) is 9.99. The second-order valence-corrected chi connectivity index (χ2v) is 5.25. The van der Waals surface area contributed by atoms with E-state index in [9.17, 15) is 4.79 Å². The molecule has 21 heavy (non-hydrogen) atoms. The molecule has 5 heteroatoms. The number of aromatic nitrogens is 1. The molecule has 0 aliphatic carbocycles. The highest BCUT2D eigenvalue weighted by Crippen LogP contribution is 2.21. The number of hydrogen-bond acceptors (Lipinski definition) is 4. The van der Waals surface area contributed by atoms with E-state index in [-0.39, 0.29) is 24.4 Å². The van der Waals surface area contributed by atoms with Crippen molar-refractivity contribution in [2.45, 2.75) is 39.3 Å². The van der Waals surface area contributed by atoms with Crippen LogP contribution in [0, 0.1) is 13.8 Å². The molecule has 0 radical (unpaired) electrons. The molecule has 3 N–H and O–H groups in total. The summed E-state index contributed by atoms with van der Waals surface area (Å²) in [5, 5.41) is 6.85. The standard InChI is InChI=1S/C16H21N3O2/c1-10(16-11(2)19-21-12(16)3)18-15(20)9-14(17)13-7-5-4-6-8-13/h4-8,10,14H,9,17H2,1-3H3,(H,18,20). The number of benzene rings is 1. The number of carbonyl (C=O) groups is 1. The summed E-state index contributed by atoms with van der Waals surface area (Å²) in [6.45, 7) is 5.62. The Kier molecular flexibility index (Phi) is 4.75. The van der Waals surface area contributed by atoms with E-state index in [1.54, 1.807) is 0 Å². The van der Waals surface area contributed by atoms with Gasteiger partial charge in [-0.2, -0.15) is 0 Å². The van der Waals surface area contributed by atoms with Crippen molar-refractivity contribution in [1.29, 1.82) is 0 Å². The SMILES string of the molecule is Cc1noc(C)c1C(C)NC(=O)CC(N)c1ccccc1. The second-order valence-electron chi connectivity index (χ2n) is 5.25. The first kappa shape index (κ1) is 15.3. The monoisotopic (exact) mass is 287 g/mol. The minimum atomic E-state index is -0.303. The van der Waals surface area contributed by atoms with Crippen molar-refractivity contribution in [3.63, 3.8) is 0 Å². The summed E-state index contributed by atoms with van der Waals surface area (Å²) in [6.07, 6.45) is 0.248. The number of amides is 1. The van der Waals surface area contributed by atoms with Gasteiger partial charge in [-0.1, -0.05) is 35.5 Å². The number of nitrogens with one attached hydrogen (secondary N) is 1. The maximum atomic E-state index is 12.1. The fraction of sp³-hybridized carbons (Fsp3) is 0.375. The Morgan fingerprint density at radius 2 is 2.00 bits per heavy atom. The molecule has 0 fully saturated rings. The van der Waals surface area contributed by atoms with Gasteiger partial charge in [-0.15, -0.1) is 0 Å². The molecule has 1 aromatic heterocycles. The van der Waals surface area contributed by atoms with Gasteiger partial charge in [-0.3, -0.25) is 4.79 Å². The molecule has 0 saturated heterocycles. The predicted octanol–water partition coefficient (Wildman–Crippen LogP) is 2.56. The van der Waals surface area contributed by atoms with Crippen molar-refractivity contribution < 1.29 is 9.32 Å². The minimum absolute atomic E-state index is 0.0844. The Labute approximate surface area is 124 Å². The third kappa shape index (κ3) is 3.70. The van der Waals surface area contributed by atoms with Gasteiger partial charge in [-0.25, -0.2) is 0 Å². The molecule has 2 aromatic rings. The molecule has 0 spiro atoms. The molecule has 0 bridgehead atoms. The number of nitrogens with two attached hydrogens (primary N) is 1. The highest BCUT2D eigenvalue weighted by atomic mass is 16.5. The van der Waals surface area contributed by atoms with Crippen molar-refractivity contribution in [3.05, 3.63) is 52.9 Å². The van der Waals surface area contributed by atoms with Crippen LogP contribution in [-0.4, -0.2) is 11.1 Å². The first-order valence-corrected chi connectivity index (χ1v) is 7.01. The van der Waals surface area contributed by atoms with Crippen LogP contribution in [0.5, 0.6) is 0 Å². The summed E-state index contributed by atoms with van der Waals surface area (Å²) < 4.78 is 5.12. The van der Waals surface area contributed by atoms with Gasteiger partial charge in [0, 0.05) is 18.0 Å². The van der Waals surface area contributed by atoms with Gasteiger partial charge in [0.1, 0.15) is 5.76 Å². The van der Waals surface area contributed by atoms with Crippen LogP contribution in [0.15, 0.2) is 34.9 Å². The van der Waals surface area contributed by atoms with Crippen LogP contribution in [0.25, 0.3) is 0 Å².